The molecule has 1 aliphatic rings. The summed E-state index contributed by atoms with van der Waals surface area (Å²) in [5, 5.41) is 3.14. The first-order valence-electron chi connectivity index (χ1n) is 8.21. The van der Waals surface area contributed by atoms with E-state index < -0.39 is 0 Å². The first-order valence-corrected chi connectivity index (χ1v) is 8.21. The fourth-order valence-corrected chi connectivity index (χ4v) is 3.15. The number of aryl methyl sites for hydroxylation is 1. The largest absolute Gasteiger partial charge is 0.489 e. The molecule has 1 aliphatic carbocycles. The predicted molar refractivity (Wildman–Crippen MR) is 96.1 cm³/mol. The first-order chi connectivity index (χ1) is 11.7. The summed E-state index contributed by atoms with van der Waals surface area (Å²) in [6.07, 6.45) is 4.64. The molecule has 0 saturated heterocycles. The minimum atomic E-state index is -0.121. The van der Waals surface area contributed by atoms with Gasteiger partial charge in [-0.2, -0.15) is 0 Å². The SMILES string of the molecule is C=CCOc1ccccc1C(=O)NC1CCCc2cc(N)ccc21. The molecule has 0 aliphatic heterocycles. The third kappa shape index (κ3) is 3.43. The number of hydrogen-bond donors (Lipinski definition) is 2. The highest BCUT2D eigenvalue weighted by atomic mass is 16.5. The Balaban J connectivity index is 1.80. The van der Waals surface area contributed by atoms with Gasteiger partial charge in [0.2, 0.25) is 0 Å². The lowest BCUT2D eigenvalue weighted by Gasteiger charge is -2.27. The van der Waals surface area contributed by atoms with Crippen LogP contribution in [0, 0.1) is 0 Å². The van der Waals surface area contributed by atoms with Crippen LogP contribution in [0.15, 0.2) is 55.1 Å². The third-order valence-electron chi connectivity index (χ3n) is 4.28. The van der Waals surface area contributed by atoms with Crippen molar-refractivity contribution in [3.63, 3.8) is 0 Å². The normalized spacial score (nSPS) is 16.1. The van der Waals surface area contributed by atoms with Gasteiger partial charge in [-0.05, 0) is 54.7 Å². The van der Waals surface area contributed by atoms with Gasteiger partial charge in [0.15, 0.2) is 0 Å². The van der Waals surface area contributed by atoms with Crippen LogP contribution >= 0.6 is 0 Å². The lowest BCUT2D eigenvalue weighted by atomic mass is 9.87. The lowest BCUT2D eigenvalue weighted by Crippen LogP contribution is -2.31. The van der Waals surface area contributed by atoms with E-state index in [4.69, 9.17) is 10.5 Å². The monoisotopic (exact) mass is 322 g/mol. The summed E-state index contributed by atoms with van der Waals surface area (Å²) < 4.78 is 5.59. The molecule has 0 aromatic heterocycles. The van der Waals surface area contributed by atoms with Crippen LogP contribution in [0.1, 0.15) is 40.4 Å². The van der Waals surface area contributed by atoms with Gasteiger partial charge < -0.3 is 15.8 Å². The van der Waals surface area contributed by atoms with Crippen molar-refractivity contribution in [2.45, 2.75) is 25.3 Å². The summed E-state index contributed by atoms with van der Waals surface area (Å²) in [5.74, 6) is 0.451. The molecule has 4 heteroatoms. The summed E-state index contributed by atoms with van der Waals surface area (Å²) in [6, 6.07) is 13.2. The van der Waals surface area contributed by atoms with Gasteiger partial charge in [-0.25, -0.2) is 0 Å². The van der Waals surface area contributed by atoms with Crippen LogP contribution in [-0.2, 0) is 6.42 Å². The quantitative estimate of drug-likeness (QED) is 0.652. The number of nitrogens with two attached hydrogens (primary N) is 1. The minimum Gasteiger partial charge on any atom is -0.489 e. The van der Waals surface area contributed by atoms with E-state index in [-0.39, 0.29) is 11.9 Å². The number of anilines is 1. The van der Waals surface area contributed by atoms with E-state index >= 15 is 0 Å². The number of carbonyl (C=O) groups excluding carboxylic acids is 1. The average Bonchev–Trinajstić information content (AvgIpc) is 2.60. The van der Waals surface area contributed by atoms with Gasteiger partial charge in [-0.1, -0.05) is 30.9 Å². The van der Waals surface area contributed by atoms with E-state index in [2.05, 4.69) is 11.9 Å². The highest BCUT2D eigenvalue weighted by molar-refractivity contribution is 5.97. The Hall–Kier alpha value is -2.75. The molecule has 1 atom stereocenters. The molecule has 1 amide bonds. The number of carbonyl (C=O) groups is 1. The Bertz CT molecular complexity index is 755. The van der Waals surface area contributed by atoms with Crippen LogP contribution in [0.4, 0.5) is 5.69 Å². The fourth-order valence-electron chi connectivity index (χ4n) is 3.15. The maximum absolute atomic E-state index is 12.7. The Morgan fingerprint density at radius 2 is 2.17 bits per heavy atom. The summed E-state index contributed by atoms with van der Waals surface area (Å²) in [7, 11) is 0. The second-order valence-electron chi connectivity index (χ2n) is 5.97. The first kappa shape index (κ1) is 16.1. The van der Waals surface area contributed by atoms with Crippen molar-refractivity contribution in [2.24, 2.45) is 0 Å². The van der Waals surface area contributed by atoms with Crippen LogP contribution in [-0.4, -0.2) is 12.5 Å². The zero-order chi connectivity index (χ0) is 16.9. The number of amides is 1. The second kappa shape index (κ2) is 7.21. The molecule has 0 spiro atoms. The van der Waals surface area contributed by atoms with Crippen molar-refractivity contribution < 1.29 is 9.53 Å². The van der Waals surface area contributed by atoms with Crippen LogP contribution in [0.25, 0.3) is 0 Å². The van der Waals surface area contributed by atoms with Crippen molar-refractivity contribution in [3.05, 3.63) is 71.8 Å². The Labute approximate surface area is 142 Å². The van der Waals surface area contributed by atoms with Crippen molar-refractivity contribution in [3.8, 4) is 5.75 Å². The molecule has 0 radical (unpaired) electrons. The highest BCUT2D eigenvalue weighted by Crippen LogP contribution is 2.31. The van der Waals surface area contributed by atoms with Crippen LogP contribution < -0.4 is 15.8 Å². The van der Waals surface area contributed by atoms with Crippen LogP contribution in [0.5, 0.6) is 5.75 Å². The molecule has 0 saturated carbocycles. The fraction of sp³-hybridized carbons (Fsp3) is 0.250. The molecule has 1 unspecified atom stereocenters. The van der Waals surface area contributed by atoms with E-state index in [9.17, 15) is 4.79 Å². The highest BCUT2D eigenvalue weighted by Gasteiger charge is 2.23. The molecule has 0 bridgehead atoms. The predicted octanol–water partition coefficient (Wildman–Crippen LogP) is 3.64. The van der Waals surface area contributed by atoms with Gasteiger partial charge in [0, 0.05) is 5.69 Å². The topological polar surface area (TPSA) is 64.3 Å². The zero-order valence-corrected chi connectivity index (χ0v) is 13.6. The number of para-hydroxylation sites is 1. The summed E-state index contributed by atoms with van der Waals surface area (Å²) in [4.78, 5) is 12.7. The van der Waals surface area contributed by atoms with Gasteiger partial charge in [-0.15, -0.1) is 0 Å². The van der Waals surface area contributed by atoms with Gasteiger partial charge in [-0.3, -0.25) is 4.79 Å². The van der Waals surface area contributed by atoms with Gasteiger partial charge in [0.25, 0.3) is 5.91 Å². The van der Waals surface area contributed by atoms with E-state index in [1.807, 2.05) is 30.3 Å². The Morgan fingerprint density at radius 1 is 1.33 bits per heavy atom. The number of hydrogen-bond acceptors (Lipinski definition) is 3. The third-order valence-corrected chi connectivity index (χ3v) is 4.28. The van der Waals surface area contributed by atoms with Gasteiger partial charge in [0.1, 0.15) is 12.4 Å². The van der Waals surface area contributed by atoms with E-state index in [0.717, 1.165) is 30.5 Å². The molecule has 2 aromatic rings. The average molecular weight is 322 g/mol. The maximum atomic E-state index is 12.7. The minimum absolute atomic E-state index is 0.00862. The van der Waals surface area contributed by atoms with Gasteiger partial charge >= 0.3 is 0 Å². The number of benzene rings is 2. The number of nitrogen functional groups attached to an aromatic ring is 1. The van der Waals surface area contributed by atoms with Crippen molar-refractivity contribution in [2.75, 3.05) is 12.3 Å². The molecule has 3 N–H and O–H groups in total. The molecule has 4 nitrogen and oxygen atoms in total. The molecular formula is C20H22N2O2. The Morgan fingerprint density at radius 3 is 3.00 bits per heavy atom. The Kier molecular flexibility index (Phi) is 4.85. The van der Waals surface area contributed by atoms with Crippen molar-refractivity contribution in [1.82, 2.24) is 5.32 Å². The molecule has 124 valence electrons. The van der Waals surface area contributed by atoms with E-state index in [1.165, 1.54) is 5.56 Å². The zero-order valence-electron chi connectivity index (χ0n) is 13.6. The standard InChI is InChI=1S/C20H22N2O2/c1-2-12-24-19-9-4-3-7-17(19)20(23)22-18-8-5-6-14-13-15(21)10-11-16(14)18/h2-4,7,9-11,13,18H,1,5-6,8,12,21H2,(H,22,23). The lowest BCUT2D eigenvalue weighted by molar-refractivity contribution is 0.0929. The number of ether oxygens (including phenoxy) is 1. The molecule has 3 rings (SSSR count). The van der Waals surface area contributed by atoms with Crippen molar-refractivity contribution >= 4 is 11.6 Å². The number of rotatable bonds is 5. The van der Waals surface area contributed by atoms with Gasteiger partial charge in [0.05, 0.1) is 11.6 Å². The molecule has 0 heterocycles. The molecule has 0 fully saturated rings. The van der Waals surface area contributed by atoms with Crippen molar-refractivity contribution in [1.29, 1.82) is 0 Å². The summed E-state index contributed by atoms with van der Waals surface area (Å²) in [6.45, 7) is 4.01. The van der Waals surface area contributed by atoms with Crippen LogP contribution in [0.2, 0.25) is 0 Å². The maximum Gasteiger partial charge on any atom is 0.255 e. The molecular weight excluding hydrogens is 300 g/mol. The van der Waals surface area contributed by atoms with E-state index in [1.54, 1.807) is 18.2 Å². The summed E-state index contributed by atoms with van der Waals surface area (Å²) >= 11 is 0. The van der Waals surface area contributed by atoms with Crippen LogP contribution in [0.3, 0.4) is 0 Å². The summed E-state index contributed by atoms with van der Waals surface area (Å²) in [5.41, 5.74) is 9.57. The van der Waals surface area contributed by atoms with E-state index in [0.29, 0.717) is 17.9 Å². The number of nitrogens with one attached hydrogen (secondary N) is 1. The second-order valence-corrected chi connectivity index (χ2v) is 5.97. The molecule has 2 aromatic carbocycles. The molecule has 24 heavy (non-hydrogen) atoms. The smallest absolute Gasteiger partial charge is 0.255 e. The number of fused-ring (bicyclic) bond motifs is 1.